The van der Waals surface area contributed by atoms with Crippen LogP contribution in [-0.4, -0.2) is 21.2 Å². The number of aryl methyl sites for hydroxylation is 2. The summed E-state index contributed by atoms with van der Waals surface area (Å²) < 4.78 is 1.97. The molecule has 1 N–H and O–H groups in total. The molecule has 0 aliphatic heterocycles. The summed E-state index contributed by atoms with van der Waals surface area (Å²) in [5.74, 6) is 0. The van der Waals surface area contributed by atoms with Crippen LogP contribution in [0.1, 0.15) is 38.6 Å². The molecule has 0 saturated heterocycles. The molecule has 3 nitrogen and oxygen atoms in total. The summed E-state index contributed by atoms with van der Waals surface area (Å²) in [5.41, 5.74) is 2.61. The average molecular weight is 256 g/mol. The van der Waals surface area contributed by atoms with Gasteiger partial charge in [-0.15, -0.1) is 11.6 Å². The van der Waals surface area contributed by atoms with Gasteiger partial charge in [0.1, 0.15) is 0 Å². The SMILES string of the molecule is CCc1cc(CNC2CC(Cl)C2(C)C)n(C)n1. The van der Waals surface area contributed by atoms with Gasteiger partial charge in [0.15, 0.2) is 0 Å². The molecule has 0 bridgehead atoms. The lowest BCUT2D eigenvalue weighted by molar-refractivity contribution is 0.115. The van der Waals surface area contributed by atoms with E-state index < -0.39 is 0 Å². The molecular formula is C13H22ClN3. The quantitative estimate of drug-likeness (QED) is 0.838. The Hall–Kier alpha value is -0.540. The van der Waals surface area contributed by atoms with Crippen LogP contribution in [-0.2, 0) is 20.0 Å². The van der Waals surface area contributed by atoms with Crippen molar-refractivity contribution >= 4 is 11.6 Å². The van der Waals surface area contributed by atoms with Crippen LogP contribution in [0, 0.1) is 5.41 Å². The molecule has 0 spiro atoms. The summed E-state index contributed by atoms with van der Waals surface area (Å²) in [6.07, 6.45) is 2.06. The predicted molar refractivity (Wildman–Crippen MR) is 71.3 cm³/mol. The maximum Gasteiger partial charge on any atom is 0.0625 e. The van der Waals surface area contributed by atoms with Crippen molar-refractivity contribution in [1.82, 2.24) is 15.1 Å². The van der Waals surface area contributed by atoms with Crippen molar-refractivity contribution in [3.8, 4) is 0 Å². The third-order valence-corrected chi connectivity index (χ3v) is 4.81. The van der Waals surface area contributed by atoms with Gasteiger partial charge in [0.2, 0.25) is 0 Å². The number of alkyl halides is 1. The van der Waals surface area contributed by atoms with Crippen molar-refractivity contribution in [3.63, 3.8) is 0 Å². The molecule has 17 heavy (non-hydrogen) atoms. The fraction of sp³-hybridized carbons (Fsp3) is 0.769. The van der Waals surface area contributed by atoms with Gasteiger partial charge in [-0.05, 0) is 24.3 Å². The van der Waals surface area contributed by atoms with Gasteiger partial charge >= 0.3 is 0 Å². The number of nitrogens with zero attached hydrogens (tertiary/aromatic N) is 2. The van der Waals surface area contributed by atoms with Crippen LogP contribution >= 0.6 is 11.6 Å². The highest BCUT2D eigenvalue weighted by atomic mass is 35.5. The maximum atomic E-state index is 6.22. The molecule has 2 atom stereocenters. The summed E-state index contributed by atoms with van der Waals surface area (Å²) in [6, 6.07) is 2.70. The minimum absolute atomic E-state index is 0.202. The summed E-state index contributed by atoms with van der Waals surface area (Å²) in [7, 11) is 2.01. The van der Waals surface area contributed by atoms with E-state index in [1.54, 1.807) is 0 Å². The number of rotatable bonds is 4. The van der Waals surface area contributed by atoms with E-state index in [1.807, 2.05) is 11.7 Å². The van der Waals surface area contributed by atoms with Crippen LogP contribution < -0.4 is 5.32 Å². The molecule has 0 aromatic carbocycles. The molecule has 2 rings (SSSR count). The molecule has 2 unspecified atom stereocenters. The summed E-state index contributed by atoms with van der Waals surface area (Å²) in [4.78, 5) is 0. The number of nitrogens with one attached hydrogen (secondary N) is 1. The van der Waals surface area contributed by atoms with E-state index in [1.165, 1.54) is 5.69 Å². The number of halogens is 1. The Kier molecular flexibility index (Phi) is 3.50. The monoisotopic (exact) mass is 255 g/mol. The highest BCUT2D eigenvalue weighted by molar-refractivity contribution is 6.21. The van der Waals surface area contributed by atoms with Gasteiger partial charge in [0.05, 0.1) is 11.4 Å². The van der Waals surface area contributed by atoms with Crippen molar-refractivity contribution < 1.29 is 0 Å². The van der Waals surface area contributed by atoms with Crippen molar-refractivity contribution in [1.29, 1.82) is 0 Å². The zero-order chi connectivity index (χ0) is 12.6. The maximum absolute atomic E-state index is 6.22. The van der Waals surface area contributed by atoms with Crippen LogP contribution in [0.5, 0.6) is 0 Å². The zero-order valence-corrected chi connectivity index (χ0v) is 11.9. The van der Waals surface area contributed by atoms with Gasteiger partial charge in [0.25, 0.3) is 0 Å². The number of hydrogen-bond acceptors (Lipinski definition) is 2. The molecule has 96 valence electrons. The second-order valence-corrected chi connectivity index (χ2v) is 6.09. The Morgan fingerprint density at radius 2 is 2.29 bits per heavy atom. The molecule has 0 radical (unpaired) electrons. The Balaban J connectivity index is 1.92. The fourth-order valence-electron chi connectivity index (χ4n) is 2.36. The molecule has 1 saturated carbocycles. The summed E-state index contributed by atoms with van der Waals surface area (Å²) in [6.45, 7) is 7.47. The van der Waals surface area contributed by atoms with Crippen LogP contribution in [0.3, 0.4) is 0 Å². The molecule has 1 aliphatic carbocycles. The second kappa shape index (κ2) is 4.62. The van der Waals surface area contributed by atoms with Gasteiger partial charge in [-0.2, -0.15) is 5.10 Å². The summed E-state index contributed by atoms with van der Waals surface area (Å²) in [5, 5.41) is 8.35. The third kappa shape index (κ3) is 2.36. The molecule has 1 aromatic heterocycles. The molecule has 0 amide bonds. The Morgan fingerprint density at radius 3 is 2.76 bits per heavy atom. The van der Waals surface area contributed by atoms with Crippen molar-refractivity contribution in [2.75, 3.05) is 0 Å². The molecule has 1 heterocycles. The van der Waals surface area contributed by atoms with Crippen molar-refractivity contribution in [2.45, 2.75) is 51.6 Å². The largest absolute Gasteiger partial charge is 0.308 e. The first-order valence-electron chi connectivity index (χ1n) is 6.34. The van der Waals surface area contributed by atoms with Crippen LogP contribution in [0.4, 0.5) is 0 Å². The van der Waals surface area contributed by atoms with Crippen LogP contribution in [0.2, 0.25) is 0 Å². The second-order valence-electron chi connectivity index (χ2n) is 5.56. The van der Waals surface area contributed by atoms with Crippen LogP contribution in [0.25, 0.3) is 0 Å². The lowest BCUT2D eigenvalue weighted by Gasteiger charge is -2.49. The number of aromatic nitrogens is 2. The van der Waals surface area contributed by atoms with E-state index in [0.29, 0.717) is 11.4 Å². The average Bonchev–Trinajstić information content (AvgIpc) is 2.65. The highest BCUT2D eigenvalue weighted by Crippen LogP contribution is 2.44. The minimum atomic E-state index is 0.202. The normalized spacial score (nSPS) is 26.9. The first-order chi connectivity index (χ1) is 7.95. The van der Waals surface area contributed by atoms with Gasteiger partial charge in [-0.25, -0.2) is 0 Å². The van der Waals surface area contributed by atoms with E-state index in [9.17, 15) is 0 Å². The molecule has 1 aromatic rings. The topological polar surface area (TPSA) is 29.9 Å². The van der Waals surface area contributed by atoms with Gasteiger partial charge in [-0.1, -0.05) is 20.8 Å². The molecule has 1 aliphatic rings. The Bertz CT molecular complexity index is 397. The van der Waals surface area contributed by atoms with Crippen LogP contribution in [0.15, 0.2) is 6.07 Å². The predicted octanol–water partition coefficient (Wildman–Crippen LogP) is 2.48. The van der Waals surface area contributed by atoms with Gasteiger partial charge < -0.3 is 5.32 Å². The zero-order valence-electron chi connectivity index (χ0n) is 11.1. The third-order valence-electron chi connectivity index (χ3n) is 4.07. The van der Waals surface area contributed by atoms with Gasteiger partial charge in [0, 0.05) is 25.0 Å². The first-order valence-corrected chi connectivity index (χ1v) is 6.78. The molecule has 1 fully saturated rings. The first kappa shape index (κ1) is 12.9. The fourth-order valence-corrected chi connectivity index (χ4v) is 2.69. The van der Waals surface area contributed by atoms with E-state index in [-0.39, 0.29) is 5.41 Å². The Labute approximate surface area is 109 Å². The van der Waals surface area contributed by atoms with Crippen molar-refractivity contribution in [2.24, 2.45) is 12.5 Å². The minimum Gasteiger partial charge on any atom is -0.308 e. The number of hydrogen-bond donors (Lipinski definition) is 1. The lowest BCUT2D eigenvalue weighted by atomic mass is 9.67. The molecular weight excluding hydrogens is 234 g/mol. The molecule has 4 heteroatoms. The standard InChI is InChI=1S/C13H22ClN3/c1-5-9-6-10(17(4)16-9)8-15-12-7-11(14)13(12,2)3/h6,11-12,15H,5,7-8H2,1-4H3. The van der Waals surface area contributed by atoms with E-state index in [0.717, 1.165) is 25.1 Å². The lowest BCUT2D eigenvalue weighted by Crippen LogP contribution is -2.57. The highest BCUT2D eigenvalue weighted by Gasteiger charge is 2.46. The van der Waals surface area contributed by atoms with Crippen molar-refractivity contribution in [3.05, 3.63) is 17.5 Å². The Morgan fingerprint density at radius 1 is 1.59 bits per heavy atom. The summed E-state index contributed by atoms with van der Waals surface area (Å²) >= 11 is 6.22. The van der Waals surface area contributed by atoms with E-state index in [4.69, 9.17) is 11.6 Å². The van der Waals surface area contributed by atoms with E-state index >= 15 is 0 Å². The smallest absolute Gasteiger partial charge is 0.0625 e. The van der Waals surface area contributed by atoms with Gasteiger partial charge in [-0.3, -0.25) is 4.68 Å². The van der Waals surface area contributed by atoms with E-state index in [2.05, 4.69) is 37.3 Å².